The number of anilines is 1. The summed E-state index contributed by atoms with van der Waals surface area (Å²) in [5.41, 5.74) is 1.62. The minimum Gasteiger partial charge on any atom is -0.496 e. The molecule has 0 radical (unpaired) electrons. The van der Waals surface area contributed by atoms with Crippen LogP contribution in [0.2, 0.25) is 0 Å². The number of rotatable bonds is 6. The van der Waals surface area contributed by atoms with E-state index in [-0.39, 0.29) is 23.9 Å². The maximum atomic E-state index is 12.3. The van der Waals surface area contributed by atoms with Gasteiger partial charge < -0.3 is 14.8 Å². The normalized spacial score (nSPS) is 10.9. The van der Waals surface area contributed by atoms with Crippen LogP contribution in [0.4, 0.5) is 5.69 Å². The molecule has 0 atom stereocenters. The second kappa shape index (κ2) is 8.69. The molecule has 1 N–H and O–H groups in total. The Morgan fingerprint density at radius 1 is 1.00 bits per heavy atom. The standard InChI is InChI=1S/C22H25NO5/c1-14-6-11-19(27-5)17(12-14)20(25)28-13-18(24)15-7-9-16(10-8-15)23-21(26)22(2,3)4/h6-12H,13H2,1-5H3,(H,23,26). The van der Waals surface area contributed by atoms with E-state index >= 15 is 0 Å². The van der Waals surface area contributed by atoms with Gasteiger partial charge in [0.05, 0.1) is 7.11 Å². The molecule has 2 aromatic carbocycles. The lowest BCUT2D eigenvalue weighted by Gasteiger charge is -2.17. The summed E-state index contributed by atoms with van der Waals surface area (Å²) in [6.07, 6.45) is 0. The molecule has 0 aliphatic carbocycles. The van der Waals surface area contributed by atoms with Crippen LogP contribution in [0.25, 0.3) is 0 Å². The molecule has 0 aromatic heterocycles. The second-order valence-corrected chi connectivity index (χ2v) is 7.48. The third-order valence-corrected chi connectivity index (χ3v) is 4.06. The first kappa shape index (κ1) is 21.2. The van der Waals surface area contributed by atoms with E-state index in [0.29, 0.717) is 17.0 Å². The first-order valence-corrected chi connectivity index (χ1v) is 8.88. The number of carbonyl (C=O) groups is 3. The Labute approximate surface area is 164 Å². The van der Waals surface area contributed by atoms with E-state index in [4.69, 9.17) is 9.47 Å². The number of carbonyl (C=O) groups excluding carboxylic acids is 3. The molecule has 1 amide bonds. The highest BCUT2D eigenvalue weighted by Crippen LogP contribution is 2.21. The lowest BCUT2D eigenvalue weighted by Crippen LogP contribution is -2.27. The van der Waals surface area contributed by atoms with Crippen LogP contribution >= 0.6 is 0 Å². The molecule has 6 nitrogen and oxygen atoms in total. The van der Waals surface area contributed by atoms with Crippen LogP contribution in [-0.4, -0.2) is 31.4 Å². The van der Waals surface area contributed by atoms with E-state index in [0.717, 1.165) is 5.56 Å². The first-order chi connectivity index (χ1) is 13.1. The quantitative estimate of drug-likeness (QED) is 0.602. The highest BCUT2D eigenvalue weighted by molar-refractivity contribution is 6.01. The van der Waals surface area contributed by atoms with Gasteiger partial charge in [-0.1, -0.05) is 32.4 Å². The number of hydrogen-bond acceptors (Lipinski definition) is 5. The molecule has 0 heterocycles. The zero-order valence-electron chi connectivity index (χ0n) is 16.8. The molecule has 0 spiro atoms. The van der Waals surface area contributed by atoms with Gasteiger partial charge in [0.15, 0.2) is 12.4 Å². The molecule has 0 aliphatic heterocycles. The molecular formula is C22H25NO5. The zero-order valence-corrected chi connectivity index (χ0v) is 16.8. The average molecular weight is 383 g/mol. The van der Waals surface area contributed by atoms with Gasteiger partial charge in [-0.15, -0.1) is 0 Å². The Morgan fingerprint density at radius 2 is 1.64 bits per heavy atom. The van der Waals surface area contributed by atoms with Gasteiger partial charge in [-0.3, -0.25) is 9.59 Å². The second-order valence-electron chi connectivity index (χ2n) is 7.48. The number of benzene rings is 2. The van der Waals surface area contributed by atoms with E-state index in [1.165, 1.54) is 7.11 Å². The number of Topliss-reactive ketones (excluding diaryl/α,β-unsaturated/α-hetero) is 1. The maximum absolute atomic E-state index is 12.3. The van der Waals surface area contributed by atoms with Crippen molar-refractivity contribution in [3.05, 3.63) is 59.2 Å². The van der Waals surface area contributed by atoms with Crippen LogP contribution in [-0.2, 0) is 9.53 Å². The fourth-order valence-electron chi connectivity index (χ4n) is 2.33. The van der Waals surface area contributed by atoms with Crippen molar-refractivity contribution in [3.8, 4) is 5.75 Å². The molecule has 6 heteroatoms. The van der Waals surface area contributed by atoms with E-state index in [9.17, 15) is 14.4 Å². The number of aryl methyl sites for hydroxylation is 1. The van der Waals surface area contributed by atoms with Crippen molar-refractivity contribution in [2.45, 2.75) is 27.7 Å². The van der Waals surface area contributed by atoms with Crippen molar-refractivity contribution >= 4 is 23.3 Å². The van der Waals surface area contributed by atoms with Crippen LogP contribution in [0.1, 0.15) is 47.1 Å². The monoisotopic (exact) mass is 383 g/mol. The summed E-state index contributed by atoms with van der Waals surface area (Å²) < 4.78 is 10.3. The molecule has 2 rings (SSSR count). The highest BCUT2D eigenvalue weighted by Gasteiger charge is 2.21. The molecule has 148 valence electrons. The SMILES string of the molecule is COc1ccc(C)cc1C(=O)OCC(=O)c1ccc(NC(=O)C(C)(C)C)cc1. The van der Waals surface area contributed by atoms with Crippen molar-refractivity contribution < 1.29 is 23.9 Å². The number of nitrogens with one attached hydrogen (secondary N) is 1. The molecule has 0 saturated carbocycles. The van der Waals surface area contributed by atoms with E-state index in [2.05, 4.69) is 5.32 Å². The summed E-state index contributed by atoms with van der Waals surface area (Å²) in [4.78, 5) is 36.6. The molecule has 0 saturated heterocycles. The number of esters is 1. The van der Waals surface area contributed by atoms with Gasteiger partial charge in [0, 0.05) is 16.7 Å². The molecule has 2 aromatic rings. The topological polar surface area (TPSA) is 81.7 Å². The molecule has 0 bridgehead atoms. The van der Waals surface area contributed by atoms with Crippen molar-refractivity contribution in [2.24, 2.45) is 5.41 Å². The van der Waals surface area contributed by atoms with Gasteiger partial charge in [0.1, 0.15) is 11.3 Å². The molecule has 0 fully saturated rings. The summed E-state index contributed by atoms with van der Waals surface area (Å²) in [5, 5.41) is 2.79. The molecule has 0 unspecified atom stereocenters. The van der Waals surface area contributed by atoms with Crippen LogP contribution in [0, 0.1) is 12.3 Å². The predicted octanol–water partition coefficient (Wildman–Crippen LogP) is 4.03. The molecular weight excluding hydrogens is 358 g/mol. The average Bonchev–Trinajstić information content (AvgIpc) is 2.65. The fourth-order valence-corrected chi connectivity index (χ4v) is 2.33. The van der Waals surface area contributed by atoms with Gasteiger partial charge >= 0.3 is 5.97 Å². The number of hydrogen-bond donors (Lipinski definition) is 1. The Balaban J connectivity index is 1.99. The van der Waals surface area contributed by atoms with Crippen LogP contribution in [0.15, 0.2) is 42.5 Å². The first-order valence-electron chi connectivity index (χ1n) is 8.88. The molecule has 0 aliphatic rings. The summed E-state index contributed by atoms with van der Waals surface area (Å²) in [7, 11) is 1.46. The van der Waals surface area contributed by atoms with Gasteiger partial charge in [0.25, 0.3) is 0 Å². The van der Waals surface area contributed by atoms with Gasteiger partial charge in [-0.25, -0.2) is 4.79 Å². The van der Waals surface area contributed by atoms with Crippen LogP contribution < -0.4 is 10.1 Å². The van der Waals surface area contributed by atoms with Gasteiger partial charge in [-0.2, -0.15) is 0 Å². The van der Waals surface area contributed by atoms with Crippen molar-refractivity contribution in [1.29, 1.82) is 0 Å². The highest BCUT2D eigenvalue weighted by atomic mass is 16.5. The van der Waals surface area contributed by atoms with Gasteiger partial charge in [-0.05, 0) is 43.3 Å². The Bertz CT molecular complexity index is 879. The predicted molar refractivity (Wildman–Crippen MR) is 107 cm³/mol. The Kier molecular flexibility index (Phi) is 6.57. The Hall–Kier alpha value is -3.15. The maximum Gasteiger partial charge on any atom is 0.342 e. The minimum absolute atomic E-state index is 0.118. The lowest BCUT2D eigenvalue weighted by atomic mass is 9.95. The largest absolute Gasteiger partial charge is 0.496 e. The molecule has 28 heavy (non-hydrogen) atoms. The fraction of sp³-hybridized carbons (Fsp3) is 0.318. The third kappa shape index (κ3) is 5.42. The number of methoxy groups -OCH3 is 1. The van der Waals surface area contributed by atoms with Crippen LogP contribution in [0.5, 0.6) is 5.75 Å². The number of amides is 1. The van der Waals surface area contributed by atoms with Crippen molar-refractivity contribution in [3.63, 3.8) is 0 Å². The third-order valence-electron chi connectivity index (χ3n) is 4.06. The summed E-state index contributed by atoms with van der Waals surface area (Å²) in [6, 6.07) is 11.6. The lowest BCUT2D eigenvalue weighted by molar-refractivity contribution is -0.123. The Morgan fingerprint density at radius 3 is 2.21 bits per heavy atom. The number of ether oxygens (including phenoxy) is 2. The van der Waals surface area contributed by atoms with E-state index < -0.39 is 11.4 Å². The summed E-state index contributed by atoms with van der Waals surface area (Å²) in [5.74, 6) is -0.689. The summed E-state index contributed by atoms with van der Waals surface area (Å²) >= 11 is 0. The van der Waals surface area contributed by atoms with E-state index in [1.807, 2.05) is 33.8 Å². The van der Waals surface area contributed by atoms with Gasteiger partial charge in [0.2, 0.25) is 5.91 Å². The van der Waals surface area contributed by atoms with E-state index in [1.54, 1.807) is 36.4 Å². The minimum atomic E-state index is -0.622. The van der Waals surface area contributed by atoms with Crippen molar-refractivity contribution in [2.75, 3.05) is 19.0 Å². The smallest absolute Gasteiger partial charge is 0.342 e. The summed E-state index contributed by atoms with van der Waals surface area (Å²) in [6.45, 7) is 6.92. The zero-order chi connectivity index (χ0) is 20.9. The van der Waals surface area contributed by atoms with Crippen molar-refractivity contribution in [1.82, 2.24) is 0 Å². The number of ketones is 1. The van der Waals surface area contributed by atoms with Crippen LogP contribution in [0.3, 0.4) is 0 Å².